The van der Waals surface area contributed by atoms with E-state index in [9.17, 15) is 17.8 Å². The maximum Gasteiger partial charge on any atom is 0.346 e. The second-order valence-corrected chi connectivity index (χ2v) is 7.15. The Morgan fingerprint density at radius 2 is 2.04 bits per heavy atom. The van der Waals surface area contributed by atoms with Crippen molar-refractivity contribution in [3.63, 3.8) is 0 Å². The van der Waals surface area contributed by atoms with Crippen LogP contribution < -0.4 is 4.57 Å². The van der Waals surface area contributed by atoms with E-state index in [4.69, 9.17) is 4.42 Å². The van der Waals surface area contributed by atoms with Gasteiger partial charge in [0.05, 0.1) is 11.6 Å². The van der Waals surface area contributed by atoms with Crippen LogP contribution >= 0.6 is 0 Å². The summed E-state index contributed by atoms with van der Waals surface area (Å²) in [6.07, 6.45) is 4.61. The lowest BCUT2D eigenvalue weighted by atomic mass is 10.0. The average Bonchev–Trinajstić information content (AvgIpc) is 3.15. The van der Waals surface area contributed by atoms with Crippen LogP contribution in [0.25, 0.3) is 11.5 Å². The van der Waals surface area contributed by atoms with Crippen LogP contribution in [0.1, 0.15) is 24.8 Å². The maximum absolute atomic E-state index is 12.4. The Hall–Kier alpha value is -2.57. The van der Waals surface area contributed by atoms with Gasteiger partial charge in [0.2, 0.25) is 22.2 Å². The monoisotopic (exact) mass is 381 g/mol. The standard InChI is InChI=1S/C14H15N5O6S/c1-17-6-4-9(5-7-17)12-15-16-13(24-12)11-3-2-10-8-18(11)14(20)19(10)25-26(21,22)23/h4-7,10-11H,2-3,8H2,1H3/t10-,11+/m1/s1. The molecule has 11 nitrogen and oxygen atoms in total. The van der Waals surface area contributed by atoms with E-state index < -0.39 is 28.5 Å². The molecule has 138 valence electrons. The Balaban J connectivity index is 1.57. The van der Waals surface area contributed by atoms with Gasteiger partial charge in [-0.3, -0.25) is 0 Å². The number of piperidine rings is 1. The largest absolute Gasteiger partial charge is 0.724 e. The Morgan fingerprint density at radius 3 is 2.73 bits per heavy atom. The number of nitrogens with zero attached hydrogens (tertiary/aromatic N) is 5. The molecule has 0 N–H and O–H groups in total. The van der Waals surface area contributed by atoms with Crippen molar-refractivity contribution in [2.45, 2.75) is 24.9 Å². The van der Waals surface area contributed by atoms with Crippen LogP contribution in [0.3, 0.4) is 0 Å². The molecule has 4 heterocycles. The molecule has 2 amide bonds. The average molecular weight is 381 g/mol. The molecule has 2 aromatic rings. The van der Waals surface area contributed by atoms with Gasteiger partial charge in [-0.05, 0) is 12.8 Å². The van der Waals surface area contributed by atoms with Crippen molar-refractivity contribution in [2.24, 2.45) is 7.05 Å². The van der Waals surface area contributed by atoms with Gasteiger partial charge in [0.15, 0.2) is 12.4 Å². The van der Waals surface area contributed by atoms with Crippen molar-refractivity contribution in [2.75, 3.05) is 6.54 Å². The van der Waals surface area contributed by atoms with Gasteiger partial charge in [-0.2, -0.15) is 9.35 Å². The van der Waals surface area contributed by atoms with Crippen molar-refractivity contribution in [1.82, 2.24) is 20.2 Å². The number of carbonyl (C=O) groups excluding carboxylic acids is 1. The Labute approximate surface area is 148 Å². The molecule has 2 bridgehead atoms. The predicted octanol–water partition coefficient (Wildman–Crippen LogP) is -0.106. The predicted molar refractivity (Wildman–Crippen MR) is 81.4 cm³/mol. The van der Waals surface area contributed by atoms with Gasteiger partial charge in [-0.15, -0.1) is 10.2 Å². The molecule has 4 rings (SSSR count). The van der Waals surface area contributed by atoms with Crippen molar-refractivity contribution in [1.29, 1.82) is 0 Å². The first kappa shape index (κ1) is 16.9. The molecule has 2 aliphatic heterocycles. The summed E-state index contributed by atoms with van der Waals surface area (Å²) in [5.41, 5.74) is 0.741. The Kier molecular flexibility index (Phi) is 3.89. The summed E-state index contributed by atoms with van der Waals surface area (Å²) in [4.78, 5) is 13.8. The first-order valence-corrected chi connectivity index (χ1v) is 9.19. The molecular weight excluding hydrogens is 366 g/mol. The minimum Gasteiger partial charge on any atom is -0.724 e. The van der Waals surface area contributed by atoms with Gasteiger partial charge >= 0.3 is 6.03 Å². The molecule has 0 aromatic carbocycles. The van der Waals surface area contributed by atoms with Crippen LogP contribution in [-0.2, 0) is 21.7 Å². The van der Waals surface area contributed by atoms with E-state index in [1.54, 1.807) is 0 Å². The van der Waals surface area contributed by atoms with E-state index in [2.05, 4.69) is 14.5 Å². The van der Waals surface area contributed by atoms with Crippen molar-refractivity contribution >= 4 is 16.4 Å². The third-order valence-corrected chi connectivity index (χ3v) is 4.79. The smallest absolute Gasteiger partial charge is 0.346 e. The number of hydrogen-bond acceptors (Lipinski definition) is 8. The number of aromatic nitrogens is 3. The highest BCUT2D eigenvalue weighted by Crippen LogP contribution is 2.38. The molecular formula is C14H15N5O6S. The lowest BCUT2D eigenvalue weighted by Crippen LogP contribution is -2.35. The van der Waals surface area contributed by atoms with Gasteiger partial charge in [-0.1, -0.05) is 0 Å². The van der Waals surface area contributed by atoms with Gasteiger partial charge in [0.1, 0.15) is 13.1 Å². The number of hydroxylamine groups is 2. The van der Waals surface area contributed by atoms with Crippen LogP contribution in [0.4, 0.5) is 4.79 Å². The van der Waals surface area contributed by atoms with E-state index >= 15 is 0 Å². The highest BCUT2D eigenvalue weighted by molar-refractivity contribution is 7.80. The van der Waals surface area contributed by atoms with E-state index in [1.807, 2.05) is 36.1 Å². The summed E-state index contributed by atoms with van der Waals surface area (Å²) in [6, 6.07) is 1.94. The molecule has 0 radical (unpaired) electrons. The first-order valence-electron chi connectivity index (χ1n) is 7.86. The molecule has 0 spiro atoms. The number of pyridine rings is 1. The number of hydrogen-bond donors (Lipinski definition) is 0. The summed E-state index contributed by atoms with van der Waals surface area (Å²) in [5, 5.41) is 8.68. The van der Waals surface area contributed by atoms with Crippen LogP contribution in [-0.4, -0.2) is 51.7 Å². The fourth-order valence-electron chi connectivity index (χ4n) is 3.21. The number of amides is 2. The Morgan fingerprint density at radius 1 is 1.31 bits per heavy atom. The molecule has 0 aliphatic carbocycles. The van der Waals surface area contributed by atoms with Crippen molar-refractivity contribution in [3.8, 4) is 11.5 Å². The SMILES string of the molecule is C[n+]1ccc(-c2nnc([C@@H]3CC[C@@H]4CN3C(=O)N4OS(=O)(=O)[O-])o2)cc1. The van der Waals surface area contributed by atoms with Crippen LogP contribution in [0, 0.1) is 0 Å². The normalized spacial score (nSPS) is 22.9. The molecule has 2 aromatic heterocycles. The lowest BCUT2D eigenvalue weighted by molar-refractivity contribution is -0.671. The van der Waals surface area contributed by atoms with E-state index in [0.717, 1.165) is 5.56 Å². The third kappa shape index (κ3) is 3.02. The number of carbonyl (C=O) groups is 1. The van der Waals surface area contributed by atoms with Crippen LogP contribution in [0.2, 0.25) is 0 Å². The molecule has 12 heteroatoms. The number of urea groups is 1. The molecule has 2 fully saturated rings. The molecule has 2 aliphatic rings. The zero-order valence-electron chi connectivity index (χ0n) is 13.7. The third-order valence-electron chi connectivity index (χ3n) is 4.45. The zero-order chi connectivity index (χ0) is 18.5. The summed E-state index contributed by atoms with van der Waals surface area (Å²) >= 11 is 0. The maximum atomic E-state index is 12.4. The molecule has 0 saturated carbocycles. The van der Waals surface area contributed by atoms with Gasteiger partial charge < -0.3 is 13.9 Å². The molecule has 2 saturated heterocycles. The van der Waals surface area contributed by atoms with Crippen LogP contribution in [0.15, 0.2) is 28.9 Å². The quantitative estimate of drug-likeness (QED) is 0.407. The fourth-order valence-corrected chi connectivity index (χ4v) is 3.60. The lowest BCUT2D eigenvalue weighted by Gasteiger charge is -2.27. The summed E-state index contributed by atoms with van der Waals surface area (Å²) < 4.78 is 44.3. The van der Waals surface area contributed by atoms with E-state index in [1.165, 1.54) is 4.90 Å². The second kappa shape index (κ2) is 6.00. The van der Waals surface area contributed by atoms with E-state index in [0.29, 0.717) is 23.8 Å². The van der Waals surface area contributed by atoms with Gasteiger partial charge in [0.25, 0.3) is 0 Å². The number of rotatable bonds is 4. The summed E-state index contributed by atoms with van der Waals surface area (Å²) in [5.74, 6) is 0.580. The summed E-state index contributed by atoms with van der Waals surface area (Å²) in [7, 11) is -3.14. The van der Waals surface area contributed by atoms with Gasteiger partial charge in [0, 0.05) is 18.7 Å². The molecule has 26 heavy (non-hydrogen) atoms. The number of aryl methyl sites for hydroxylation is 1. The second-order valence-electron chi connectivity index (χ2n) is 6.19. The molecule has 2 atom stereocenters. The molecule has 0 unspecified atom stereocenters. The minimum absolute atomic E-state index is 0.220. The minimum atomic E-state index is -5.02. The highest BCUT2D eigenvalue weighted by atomic mass is 32.3. The fraction of sp³-hybridized carbons (Fsp3) is 0.429. The van der Waals surface area contributed by atoms with Gasteiger partial charge in [-0.25, -0.2) is 17.8 Å². The topological polar surface area (TPSA) is 133 Å². The zero-order valence-corrected chi connectivity index (χ0v) is 14.5. The number of fused-ring (bicyclic) bond motifs is 2. The van der Waals surface area contributed by atoms with Crippen molar-refractivity contribution in [3.05, 3.63) is 30.4 Å². The van der Waals surface area contributed by atoms with E-state index in [-0.39, 0.29) is 12.4 Å². The van der Waals surface area contributed by atoms with Crippen LogP contribution in [0.5, 0.6) is 0 Å². The van der Waals surface area contributed by atoms with Crippen molar-refractivity contribution < 1.29 is 31.0 Å². The summed E-state index contributed by atoms with van der Waals surface area (Å²) in [6.45, 7) is 0.220. The Bertz CT molecular complexity index is 943. The highest BCUT2D eigenvalue weighted by Gasteiger charge is 2.48. The first-order chi connectivity index (χ1) is 12.3.